The highest BCUT2D eigenvalue weighted by Crippen LogP contribution is 2.26. The van der Waals surface area contributed by atoms with Crippen molar-refractivity contribution < 1.29 is 9.59 Å². The molecule has 1 fully saturated rings. The molecular weight excluding hydrogens is 312 g/mol. The van der Waals surface area contributed by atoms with Gasteiger partial charge in [-0.15, -0.1) is 0 Å². The molecule has 25 heavy (non-hydrogen) atoms. The monoisotopic (exact) mass is 336 g/mol. The zero-order valence-electron chi connectivity index (χ0n) is 15.0. The molecule has 4 nitrogen and oxygen atoms in total. The van der Waals surface area contributed by atoms with Gasteiger partial charge in [-0.05, 0) is 61.2 Å². The molecule has 1 N–H and O–H groups in total. The molecular formula is C21H24N2O2. The first kappa shape index (κ1) is 17.2. The third kappa shape index (κ3) is 3.90. The number of hydrogen-bond donors (Lipinski definition) is 1. The molecule has 2 aromatic carbocycles. The fraction of sp³-hybridized carbons (Fsp3) is 0.333. The predicted octanol–water partition coefficient (Wildman–Crippen LogP) is 3.86. The van der Waals surface area contributed by atoms with Crippen LogP contribution in [0.5, 0.6) is 0 Å². The van der Waals surface area contributed by atoms with Gasteiger partial charge in [0.15, 0.2) is 0 Å². The molecule has 2 amide bonds. The Morgan fingerprint density at radius 2 is 1.76 bits per heavy atom. The van der Waals surface area contributed by atoms with Crippen LogP contribution >= 0.6 is 0 Å². The molecule has 0 radical (unpaired) electrons. The molecule has 1 heterocycles. The van der Waals surface area contributed by atoms with Gasteiger partial charge in [0.25, 0.3) is 0 Å². The fourth-order valence-electron chi connectivity index (χ4n) is 3.34. The number of anilines is 2. The van der Waals surface area contributed by atoms with Gasteiger partial charge in [-0.2, -0.15) is 0 Å². The van der Waals surface area contributed by atoms with E-state index < -0.39 is 0 Å². The minimum absolute atomic E-state index is 0.00446. The van der Waals surface area contributed by atoms with Gasteiger partial charge >= 0.3 is 0 Å². The number of nitrogens with zero attached hydrogens (tertiary/aromatic N) is 1. The Balaban J connectivity index is 1.69. The fourth-order valence-corrected chi connectivity index (χ4v) is 3.34. The van der Waals surface area contributed by atoms with Crippen molar-refractivity contribution in [1.29, 1.82) is 0 Å². The van der Waals surface area contributed by atoms with Gasteiger partial charge in [0.05, 0.1) is 5.92 Å². The number of amides is 2. The van der Waals surface area contributed by atoms with E-state index in [4.69, 9.17) is 0 Å². The van der Waals surface area contributed by atoms with Crippen molar-refractivity contribution in [3.05, 3.63) is 59.2 Å². The zero-order chi connectivity index (χ0) is 18.0. The quantitative estimate of drug-likeness (QED) is 0.922. The number of rotatable bonds is 4. The summed E-state index contributed by atoms with van der Waals surface area (Å²) in [6.45, 7) is 6.54. The first-order chi connectivity index (χ1) is 12.0. The number of carbonyl (C=O) groups excluding carboxylic acids is 2. The Kier molecular flexibility index (Phi) is 4.88. The topological polar surface area (TPSA) is 49.4 Å². The van der Waals surface area contributed by atoms with Crippen LogP contribution in [0.2, 0.25) is 0 Å². The van der Waals surface area contributed by atoms with Crippen molar-refractivity contribution in [3.63, 3.8) is 0 Å². The Bertz CT molecular complexity index is 776. The molecule has 0 saturated carbocycles. The molecule has 1 saturated heterocycles. The molecule has 2 aromatic rings. The van der Waals surface area contributed by atoms with E-state index in [-0.39, 0.29) is 24.2 Å². The Morgan fingerprint density at radius 3 is 2.36 bits per heavy atom. The standard InChI is InChI=1S/C21H24N2O2/c1-4-16-5-7-19(8-6-16)23-13-17(12-20(23)24)21(25)22-18-10-14(2)9-15(3)11-18/h5-11,17H,4,12-13H2,1-3H3,(H,22,25)/t17-/m0/s1. The smallest absolute Gasteiger partial charge is 0.229 e. The van der Waals surface area contributed by atoms with Crippen LogP contribution in [-0.2, 0) is 16.0 Å². The molecule has 3 rings (SSSR count). The number of aryl methyl sites for hydroxylation is 3. The van der Waals surface area contributed by atoms with Crippen LogP contribution in [-0.4, -0.2) is 18.4 Å². The molecule has 0 aromatic heterocycles. The summed E-state index contributed by atoms with van der Waals surface area (Å²) in [6.07, 6.45) is 1.22. The van der Waals surface area contributed by atoms with E-state index in [1.54, 1.807) is 4.90 Å². The summed E-state index contributed by atoms with van der Waals surface area (Å²) < 4.78 is 0. The molecule has 0 aliphatic carbocycles. The summed E-state index contributed by atoms with van der Waals surface area (Å²) in [5, 5.41) is 2.96. The van der Waals surface area contributed by atoms with Crippen molar-refractivity contribution in [2.24, 2.45) is 5.92 Å². The Hall–Kier alpha value is -2.62. The molecule has 1 aliphatic rings. The molecule has 1 atom stereocenters. The van der Waals surface area contributed by atoms with E-state index in [0.717, 1.165) is 28.9 Å². The summed E-state index contributed by atoms with van der Waals surface area (Å²) in [7, 11) is 0. The predicted molar refractivity (Wildman–Crippen MR) is 101 cm³/mol. The average molecular weight is 336 g/mol. The summed E-state index contributed by atoms with van der Waals surface area (Å²) in [6, 6.07) is 13.9. The van der Waals surface area contributed by atoms with Gasteiger partial charge in [0, 0.05) is 24.3 Å². The van der Waals surface area contributed by atoms with Gasteiger partial charge in [0.1, 0.15) is 0 Å². The molecule has 0 unspecified atom stereocenters. The highest BCUT2D eigenvalue weighted by molar-refractivity contribution is 6.03. The number of benzene rings is 2. The first-order valence-corrected chi connectivity index (χ1v) is 8.74. The molecule has 130 valence electrons. The van der Waals surface area contributed by atoms with E-state index in [2.05, 4.69) is 18.3 Å². The Morgan fingerprint density at radius 1 is 1.12 bits per heavy atom. The van der Waals surface area contributed by atoms with E-state index in [1.807, 2.05) is 50.2 Å². The lowest BCUT2D eigenvalue weighted by molar-refractivity contribution is -0.122. The second kappa shape index (κ2) is 7.09. The molecule has 1 aliphatic heterocycles. The van der Waals surface area contributed by atoms with Gasteiger partial charge < -0.3 is 10.2 Å². The average Bonchev–Trinajstić information content (AvgIpc) is 2.96. The summed E-state index contributed by atoms with van der Waals surface area (Å²) >= 11 is 0. The van der Waals surface area contributed by atoms with Gasteiger partial charge in [-0.25, -0.2) is 0 Å². The van der Waals surface area contributed by atoms with Crippen LogP contribution in [0.3, 0.4) is 0 Å². The summed E-state index contributed by atoms with van der Waals surface area (Å²) in [5.41, 5.74) is 5.11. The van der Waals surface area contributed by atoms with Crippen molar-refractivity contribution in [1.82, 2.24) is 0 Å². The molecule has 0 bridgehead atoms. The largest absolute Gasteiger partial charge is 0.326 e. The van der Waals surface area contributed by atoms with Crippen LogP contribution in [0.15, 0.2) is 42.5 Å². The van der Waals surface area contributed by atoms with Gasteiger partial charge in [-0.3, -0.25) is 9.59 Å². The van der Waals surface area contributed by atoms with E-state index in [9.17, 15) is 9.59 Å². The molecule has 4 heteroatoms. The SMILES string of the molecule is CCc1ccc(N2C[C@@H](C(=O)Nc3cc(C)cc(C)c3)CC2=O)cc1. The summed E-state index contributed by atoms with van der Waals surface area (Å²) in [4.78, 5) is 26.6. The van der Waals surface area contributed by atoms with Crippen LogP contribution in [0.4, 0.5) is 11.4 Å². The highest BCUT2D eigenvalue weighted by Gasteiger charge is 2.35. The maximum atomic E-state index is 12.6. The minimum atomic E-state index is -0.320. The summed E-state index contributed by atoms with van der Waals surface area (Å²) in [5.74, 6) is -0.407. The van der Waals surface area contributed by atoms with E-state index in [0.29, 0.717) is 6.54 Å². The third-order valence-corrected chi connectivity index (χ3v) is 4.64. The number of carbonyl (C=O) groups is 2. The third-order valence-electron chi connectivity index (χ3n) is 4.64. The van der Waals surface area contributed by atoms with Crippen molar-refractivity contribution in [3.8, 4) is 0 Å². The maximum Gasteiger partial charge on any atom is 0.229 e. The van der Waals surface area contributed by atoms with Crippen molar-refractivity contribution in [2.45, 2.75) is 33.6 Å². The second-order valence-corrected chi connectivity index (χ2v) is 6.79. The van der Waals surface area contributed by atoms with E-state index >= 15 is 0 Å². The lowest BCUT2D eigenvalue weighted by Crippen LogP contribution is -2.28. The molecule has 0 spiro atoms. The lowest BCUT2D eigenvalue weighted by atomic mass is 10.1. The maximum absolute atomic E-state index is 12.6. The van der Waals surface area contributed by atoms with E-state index in [1.165, 1.54) is 5.56 Å². The van der Waals surface area contributed by atoms with Gasteiger partial charge in [0.2, 0.25) is 11.8 Å². The van der Waals surface area contributed by atoms with Crippen LogP contribution in [0, 0.1) is 19.8 Å². The van der Waals surface area contributed by atoms with Crippen molar-refractivity contribution >= 4 is 23.2 Å². The first-order valence-electron chi connectivity index (χ1n) is 8.74. The zero-order valence-corrected chi connectivity index (χ0v) is 15.0. The van der Waals surface area contributed by atoms with Crippen molar-refractivity contribution in [2.75, 3.05) is 16.8 Å². The van der Waals surface area contributed by atoms with Crippen LogP contribution in [0.1, 0.15) is 30.0 Å². The lowest BCUT2D eigenvalue weighted by Gasteiger charge is -2.17. The van der Waals surface area contributed by atoms with Crippen LogP contribution < -0.4 is 10.2 Å². The highest BCUT2D eigenvalue weighted by atomic mass is 16.2. The Labute approximate surface area is 148 Å². The number of nitrogens with one attached hydrogen (secondary N) is 1. The van der Waals surface area contributed by atoms with Crippen LogP contribution in [0.25, 0.3) is 0 Å². The second-order valence-electron chi connectivity index (χ2n) is 6.79. The van der Waals surface area contributed by atoms with Gasteiger partial charge in [-0.1, -0.05) is 25.1 Å². The normalized spacial score (nSPS) is 17.0. The number of hydrogen-bond acceptors (Lipinski definition) is 2. The minimum Gasteiger partial charge on any atom is -0.326 e.